The Bertz CT molecular complexity index is 478. The second-order valence-corrected chi connectivity index (χ2v) is 4.78. The zero-order valence-corrected chi connectivity index (χ0v) is 10.9. The molecule has 0 amide bonds. The van der Waals surface area contributed by atoms with E-state index in [1.165, 1.54) is 0 Å². The highest BCUT2D eigenvalue weighted by Crippen LogP contribution is 2.31. The van der Waals surface area contributed by atoms with Crippen LogP contribution in [0, 0.1) is 5.92 Å². The standard InChI is InChI=1S/C15H20N2O/c1-3-7-11(2)15(18)13-10-16-17-14(13)12-8-5-4-6-9-12/h4-6,8-11,15,18H,3,7H2,1-2H3,(H,16,17). The highest BCUT2D eigenvalue weighted by atomic mass is 16.3. The molecule has 3 heteroatoms. The van der Waals surface area contributed by atoms with Crippen molar-refractivity contribution in [2.24, 2.45) is 5.92 Å². The molecule has 2 N–H and O–H groups in total. The Kier molecular flexibility index (Phi) is 4.15. The number of hydrogen-bond donors (Lipinski definition) is 2. The van der Waals surface area contributed by atoms with Crippen LogP contribution < -0.4 is 0 Å². The lowest BCUT2D eigenvalue weighted by Gasteiger charge is -2.18. The van der Waals surface area contributed by atoms with Gasteiger partial charge in [-0.2, -0.15) is 5.10 Å². The van der Waals surface area contributed by atoms with E-state index < -0.39 is 6.10 Å². The molecule has 18 heavy (non-hydrogen) atoms. The SMILES string of the molecule is CCCC(C)C(O)c1cn[nH]c1-c1ccccc1. The third-order valence-corrected chi connectivity index (χ3v) is 3.33. The monoisotopic (exact) mass is 244 g/mol. The zero-order valence-electron chi connectivity index (χ0n) is 10.9. The Labute approximate surface area is 108 Å². The number of nitrogens with zero attached hydrogens (tertiary/aromatic N) is 1. The zero-order chi connectivity index (χ0) is 13.0. The van der Waals surface area contributed by atoms with Crippen LogP contribution in [0.5, 0.6) is 0 Å². The lowest BCUT2D eigenvalue weighted by molar-refractivity contribution is 0.113. The Morgan fingerprint density at radius 1 is 1.28 bits per heavy atom. The van der Waals surface area contributed by atoms with Gasteiger partial charge in [-0.25, -0.2) is 0 Å². The molecule has 0 fully saturated rings. The second-order valence-electron chi connectivity index (χ2n) is 4.78. The van der Waals surface area contributed by atoms with E-state index in [-0.39, 0.29) is 5.92 Å². The Morgan fingerprint density at radius 3 is 2.67 bits per heavy atom. The second kappa shape index (κ2) is 5.83. The molecule has 0 aliphatic rings. The normalized spacial score (nSPS) is 14.4. The maximum absolute atomic E-state index is 10.4. The molecule has 1 aromatic heterocycles. The molecule has 2 rings (SSSR count). The average molecular weight is 244 g/mol. The molecule has 0 aliphatic carbocycles. The molecule has 1 aromatic carbocycles. The minimum Gasteiger partial charge on any atom is -0.388 e. The van der Waals surface area contributed by atoms with Crippen LogP contribution in [0.2, 0.25) is 0 Å². The summed E-state index contributed by atoms with van der Waals surface area (Å²) >= 11 is 0. The van der Waals surface area contributed by atoms with Gasteiger partial charge in [0.05, 0.1) is 18.0 Å². The van der Waals surface area contributed by atoms with Gasteiger partial charge in [0.2, 0.25) is 0 Å². The molecule has 96 valence electrons. The van der Waals surface area contributed by atoms with Crippen molar-refractivity contribution in [2.45, 2.75) is 32.8 Å². The van der Waals surface area contributed by atoms with Crippen molar-refractivity contribution in [2.75, 3.05) is 0 Å². The molecule has 2 aromatic rings. The van der Waals surface area contributed by atoms with Gasteiger partial charge in [-0.3, -0.25) is 5.10 Å². The fourth-order valence-electron chi connectivity index (χ4n) is 2.28. The maximum atomic E-state index is 10.4. The van der Waals surface area contributed by atoms with E-state index in [0.717, 1.165) is 29.7 Å². The van der Waals surface area contributed by atoms with Gasteiger partial charge in [0, 0.05) is 5.56 Å². The van der Waals surface area contributed by atoms with E-state index in [4.69, 9.17) is 0 Å². The molecule has 1 heterocycles. The van der Waals surface area contributed by atoms with Gasteiger partial charge in [0.25, 0.3) is 0 Å². The summed E-state index contributed by atoms with van der Waals surface area (Å²) < 4.78 is 0. The molecule has 0 bridgehead atoms. The first-order valence-corrected chi connectivity index (χ1v) is 6.50. The lowest BCUT2D eigenvalue weighted by Crippen LogP contribution is -2.09. The first-order chi connectivity index (χ1) is 8.74. The summed E-state index contributed by atoms with van der Waals surface area (Å²) in [5.41, 5.74) is 2.88. The Balaban J connectivity index is 2.28. The smallest absolute Gasteiger partial charge is 0.0852 e. The minimum absolute atomic E-state index is 0.245. The number of H-pyrrole nitrogens is 1. The number of aliphatic hydroxyl groups is 1. The van der Waals surface area contributed by atoms with Crippen molar-refractivity contribution < 1.29 is 5.11 Å². The van der Waals surface area contributed by atoms with Crippen molar-refractivity contribution in [3.05, 3.63) is 42.1 Å². The molecular formula is C15H20N2O. The molecule has 0 aliphatic heterocycles. The number of hydrogen-bond acceptors (Lipinski definition) is 2. The van der Waals surface area contributed by atoms with E-state index in [9.17, 15) is 5.11 Å². The van der Waals surface area contributed by atoms with Gasteiger partial charge in [0.15, 0.2) is 0 Å². The number of rotatable bonds is 5. The van der Waals surface area contributed by atoms with Crippen LogP contribution in [0.1, 0.15) is 38.4 Å². The summed E-state index contributed by atoms with van der Waals surface area (Å²) in [7, 11) is 0. The van der Waals surface area contributed by atoms with E-state index in [1.807, 2.05) is 30.3 Å². The molecule has 0 saturated carbocycles. The highest BCUT2D eigenvalue weighted by Gasteiger charge is 2.20. The van der Waals surface area contributed by atoms with Crippen LogP contribution in [-0.4, -0.2) is 15.3 Å². The quantitative estimate of drug-likeness (QED) is 0.845. The van der Waals surface area contributed by atoms with E-state index in [0.29, 0.717) is 0 Å². The van der Waals surface area contributed by atoms with Crippen molar-refractivity contribution in [1.29, 1.82) is 0 Å². The molecular weight excluding hydrogens is 224 g/mol. The third-order valence-electron chi connectivity index (χ3n) is 3.33. The summed E-state index contributed by atoms with van der Waals surface area (Å²) in [6, 6.07) is 10.0. The highest BCUT2D eigenvalue weighted by molar-refractivity contribution is 5.62. The fraction of sp³-hybridized carbons (Fsp3) is 0.400. The number of aromatic nitrogens is 2. The summed E-state index contributed by atoms with van der Waals surface area (Å²) in [6.07, 6.45) is 3.37. The van der Waals surface area contributed by atoms with Crippen LogP contribution in [0.4, 0.5) is 0 Å². The van der Waals surface area contributed by atoms with E-state index in [1.54, 1.807) is 6.20 Å². The first-order valence-electron chi connectivity index (χ1n) is 6.50. The summed E-state index contributed by atoms with van der Waals surface area (Å²) in [4.78, 5) is 0. The largest absolute Gasteiger partial charge is 0.388 e. The van der Waals surface area contributed by atoms with Gasteiger partial charge in [-0.1, -0.05) is 50.6 Å². The predicted octanol–water partition coefficient (Wildman–Crippen LogP) is 3.55. The summed E-state index contributed by atoms with van der Waals surface area (Å²) in [5, 5.41) is 17.5. The summed E-state index contributed by atoms with van der Waals surface area (Å²) in [5.74, 6) is 0.245. The average Bonchev–Trinajstić information content (AvgIpc) is 2.88. The predicted molar refractivity (Wildman–Crippen MR) is 73.1 cm³/mol. The van der Waals surface area contributed by atoms with Crippen molar-refractivity contribution in [1.82, 2.24) is 10.2 Å². The van der Waals surface area contributed by atoms with Gasteiger partial charge < -0.3 is 5.11 Å². The van der Waals surface area contributed by atoms with E-state index >= 15 is 0 Å². The van der Waals surface area contributed by atoms with Crippen molar-refractivity contribution >= 4 is 0 Å². The van der Waals surface area contributed by atoms with Crippen LogP contribution in [0.15, 0.2) is 36.5 Å². The van der Waals surface area contributed by atoms with Gasteiger partial charge in [-0.05, 0) is 17.9 Å². The number of benzene rings is 1. The van der Waals surface area contributed by atoms with Crippen LogP contribution in [0.3, 0.4) is 0 Å². The van der Waals surface area contributed by atoms with Gasteiger partial charge in [0.1, 0.15) is 0 Å². The maximum Gasteiger partial charge on any atom is 0.0852 e. The lowest BCUT2D eigenvalue weighted by atomic mass is 9.92. The van der Waals surface area contributed by atoms with Gasteiger partial charge >= 0.3 is 0 Å². The molecule has 0 radical (unpaired) electrons. The molecule has 2 atom stereocenters. The molecule has 3 nitrogen and oxygen atoms in total. The van der Waals surface area contributed by atoms with Crippen LogP contribution >= 0.6 is 0 Å². The Morgan fingerprint density at radius 2 is 2.00 bits per heavy atom. The Hall–Kier alpha value is -1.61. The van der Waals surface area contributed by atoms with E-state index in [2.05, 4.69) is 24.0 Å². The molecule has 0 saturated heterocycles. The van der Waals surface area contributed by atoms with Crippen LogP contribution in [0.25, 0.3) is 11.3 Å². The van der Waals surface area contributed by atoms with Gasteiger partial charge in [-0.15, -0.1) is 0 Å². The topological polar surface area (TPSA) is 48.9 Å². The minimum atomic E-state index is -0.459. The number of nitrogens with one attached hydrogen (secondary N) is 1. The number of aliphatic hydroxyl groups excluding tert-OH is 1. The first kappa shape index (κ1) is 12.8. The molecule has 2 unspecified atom stereocenters. The number of aromatic amines is 1. The molecule has 0 spiro atoms. The van der Waals surface area contributed by atoms with Crippen molar-refractivity contribution in [3.63, 3.8) is 0 Å². The third kappa shape index (κ3) is 2.62. The summed E-state index contributed by atoms with van der Waals surface area (Å²) in [6.45, 7) is 4.21. The van der Waals surface area contributed by atoms with Crippen molar-refractivity contribution in [3.8, 4) is 11.3 Å². The fourth-order valence-corrected chi connectivity index (χ4v) is 2.28. The van der Waals surface area contributed by atoms with Crippen LogP contribution in [-0.2, 0) is 0 Å².